The van der Waals surface area contributed by atoms with E-state index in [-0.39, 0.29) is 75.6 Å². The molecule has 0 spiro atoms. The Morgan fingerprint density at radius 1 is 0.759 bits per heavy atom. The standard InChI is InChI=1S/C15H14O4.C14H11Br2NO2.C14H10FNO4/c1-19-15-5-3-2-4-10(15)8-13(17)12-7-6-11(16)9-14(12)18;15-11-6-10(13(18)12(16)7-11)8-17-14(19)9-4-2-1-3-5-9;1-8-12(16(19)20)6-9(7-13(8)17)14(18)10-4-2-3-5-11(10)15/h2-7,9,16,18H,8H2,1H3;1-7,18H,8H2,(H,17,19);2-7,17H,1H3. The summed E-state index contributed by atoms with van der Waals surface area (Å²) in [7, 11) is 1.54. The third kappa shape index (κ3) is 11.7. The number of nitrogens with one attached hydrogen (secondary N) is 1. The maximum atomic E-state index is 13.5. The Balaban J connectivity index is 0.000000193. The third-order valence-corrected chi connectivity index (χ3v) is 9.40. The molecule has 0 atom stereocenters. The number of rotatable bonds is 10. The molecular weight excluding hydrogens is 883 g/mol. The number of methoxy groups -OCH3 is 1. The van der Waals surface area contributed by atoms with E-state index in [1.807, 2.05) is 30.3 Å². The number of carbonyl (C=O) groups excluding carboxylic acids is 3. The molecule has 0 radical (unpaired) electrons. The fraction of sp³-hybridized carbons (Fsp3) is 0.0930. The molecule has 1 amide bonds. The number of aromatic hydroxyl groups is 4. The molecule has 0 saturated carbocycles. The van der Waals surface area contributed by atoms with E-state index in [1.54, 1.807) is 43.5 Å². The Bertz CT molecular complexity index is 2460. The summed E-state index contributed by atoms with van der Waals surface area (Å²) in [5.41, 5.74) is 1.51. The van der Waals surface area contributed by atoms with Crippen LogP contribution in [0.2, 0.25) is 0 Å². The van der Waals surface area contributed by atoms with Gasteiger partial charge in [0, 0.05) is 51.8 Å². The van der Waals surface area contributed by atoms with Crippen LogP contribution in [-0.2, 0) is 13.0 Å². The minimum atomic E-state index is -0.722. The van der Waals surface area contributed by atoms with Gasteiger partial charge in [-0.25, -0.2) is 4.39 Å². The molecule has 58 heavy (non-hydrogen) atoms. The fourth-order valence-electron chi connectivity index (χ4n) is 5.30. The molecule has 0 fully saturated rings. The van der Waals surface area contributed by atoms with Gasteiger partial charge >= 0.3 is 0 Å². The minimum Gasteiger partial charge on any atom is -0.508 e. The van der Waals surface area contributed by atoms with Crippen molar-refractivity contribution < 1.29 is 48.9 Å². The maximum absolute atomic E-state index is 13.5. The van der Waals surface area contributed by atoms with Gasteiger partial charge in [-0.3, -0.25) is 24.5 Å². The van der Waals surface area contributed by atoms with Crippen molar-refractivity contribution in [1.29, 1.82) is 0 Å². The van der Waals surface area contributed by atoms with Crippen molar-refractivity contribution in [3.8, 4) is 28.7 Å². The first-order valence-corrected chi connectivity index (χ1v) is 18.6. The van der Waals surface area contributed by atoms with Crippen LogP contribution >= 0.6 is 31.9 Å². The van der Waals surface area contributed by atoms with Crippen LogP contribution in [0.25, 0.3) is 0 Å². The summed E-state index contributed by atoms with van der Waals surface area (Å²) in [5.74, 6) is -1.75. The van der Waals surface area contributed by atoms with Gasteiger partial charge in [-0.15, -0.1) is 0 Å². The van der Waals surface area contributed by atoms with Crippen LogP contribution in [0.4, 0.5) is 10.1 Å². The lowest BCUT2D eigenvalue weighted by atomic mass is 10.00. The summed E-state index contributed by atoms with van der Waals surface area (Å²) in [6.45, 7) is 1.63. The lowest BCUT2D eigenvalue weighted by Crippen LogP contribution is -2.22. The van der Waals surface area contributed by atoms with Crippen molar-refractivity contribution in [2.24, 2.45) is 0 Å². The van der Waals surface area contributed by atoms with E-state index in [4.69, 9.17) is 4.74 Å². The van der Waals surface area contributed by atoms with E-state index in [1.165, 1.54) is 37.3 Å². The van der Waals surface area contributed by atoms with Gasteiger partial charge < -0.3 is 30.5 Å². The zero-order chi connectivity index (χ0) is 42.5. The summed E-state index contributed by atoms with van der Waals surface area (Å²) >= 11 is 6.60. The number of hydrogen-bond donors (Lipinski definition) is 5. The number of nitro groups is 1. The summed E-state index contributed by atoms with van der Waals surface area (Å²) in [4.78, 5) is 46.3. The second kappa shape index (κ2) is 20.5. The molecule has 0 aliphatic carbocycles. The minimum absolute atomic E-state index is 0.0556. The lowest BCUT2D eigenvalue weighted by molar-refractivity contribution is -0.385. The molecule has 0 aliphatic rings. The van der Waals surface area contributed by atoms with E-state index in [0.29, 0.717) is 21.3 Å². The van der Waals surface area contributed by atoms with Crippen LogP contribution in [0, 0.1) is 22.9 Å². The normalized spacial score (nSPS) is 10.2. The predicted octanol–water partition coefficient (Wildman–Crippen LogP) is 9.36. The third-order valence-electron chi connectivity index (χ3n) is 8.34. The van der Waals surface area contributed by atoms with Gasteiger partial charge in [-0.2, -0.15) is 0 Å². The second-order valence-corrected chi connectivity index (χ2v) is 14.0. The molecule has 0 saturated heterocycles. The highest BCUT2D eigenvalue weighted by atomic mass is 79.9. The lowest BCUT2D eigenvalue weighted by Gasteiger charge is -2.09. The fourth-order valence-corrected chi connectivity index (χ4v) is 6.61. The maximum Gasteiger partial charge on any atom is 0.276 e. The molecule has 0 aliphatic heterocycles. The highest BCUT2D eigenvalue weighted by Gasteiger charge is 2.21. The van der Waals surface area contributed by atoms with Crippen molar-refractivity contribution in [2.75, 3.05) is 7.11 Å². The number of Topliss-reactive ketones (excluding diaryl/α,β-unsaturated/α-hetero) is 1. The average Bonchev–Trinajstić information content (AvgIpc) is 3.20. The van der Waals surface area contributed by atoms with Crippen LogP contribution in [0.5, 0.6) is 28.7 Å². The Hall–Kier alpha value is -6.58. The van der Waals surface area contributed by atoms with Gasteiger partial charge in [0.25, 0.3) is 11.6 Å². The SMILES string of the molecule is COc1ccccc1CC(=O)c1ccc(O)cc1O.Cc1c(O)cc(C(=O)c2ccccc2F)cc1[N+](=O)[O-].O=C(NCc1cc(Br)cc(Br)c1O)c1ccccc1. The number of hydrogen-bond acceptors (Lipinski definition) is 10. The first kappa shape index (κ1) is 44.1. The van der Waals surface area contributed by atoms with E-state index < -0.39 is 16.5 Å². The van der Waals surface area contributed by atoms with Crippen molar-refractivity contribution >= 4 is 55.0 Å². The van der Waals surface area contributed by atoms with E-state index in [0.717, 1.165) is 34.3 Å². The Morgan fingerprint density at radius 3 is 2.07 bits per heavy atom. The van der Waals surface area contributed by atoms with Gasteiger partial charge in [0.1, 0.15) is 34.6 Å². The summed E-state index contributed by atoms with van der Waals surface area (Å²) < 4.78 is 20.1. The number of halogens is 3. The van der Waals surface area contributed by atoms with Crippen molar-refractivity contribution in [3.05, 3.63) is 185 Å². The van der Waals surface area contributed by atoms with E-state index >= 15 is 0 Å². The summed E-state index contributed by atoms with van der Waals surface area (Å²) in [6.07, 6.45) is 0.127. The largest absolute Gasteiger partial charge is 0.508 e. The summed E-state index contributed by atoms with van der Waals surface area (Å²) in [5, 5.41) is 52.0. The molecule has 0 bridgehead atoms. The molecule has 6 aromatic rings. The number of nitrogens with zero attached hydrogens (tertiary/aromatic N) is 1. The Kier molecular flexibility index (Phi) is 15.6. The van der Waals surface area contributed by atoms with Crippen LogP contribution in [0.1, 0.15) is 53.3 Å². The molecule has 298 valence electrons. The average molecular weight is 919 g/mol. The molecule has 12 nitrogen and oxygen atoms in total. The van der Waals surface area contributed by atoms with Gasteiger partial charge in [0.15, 0.2) is 11.6 Å². The second-order valence-electron chi connectivity index (χ2n) is 12.3. The zero-order valence-corrected chi connectivity index (χ0v) is 34.0. The Morgan fingerprint density at radius 2 is 1.41 bits per heavy atom. The summed E-state index contributed by atoms with van der Waals surface area (Å²) in [6, 6.07) is 31.1. The van der Waals surface area contributed by atoms with E-state index in [9.17, 15) is 49.3 Å². The number of ether oxygens (including phenoxy) is 1. The highest BCUT2D eigenvalue weighted by molar-refractivity contribution is 9.11. The molecule has 0 aromatic heterocycles. The number of carbonyl (C=O) groups is 3. The number of phenols is 4. The smallest absolute Gasteiger partial charge is 0.276 e. The van der Waals surface area contributed by atoms with Crippen LogP contribution < -0.4 is 10.1 Å². The number of para-hydroxylation sites is 1. The quantitative estimate of drug-likeness (QED) is 0.0502. The molecular formula is C43H35Br2FN2O10. The van der Waals surface area contributed by atoms with Crippen LogP contribution in [0.15, 0.2) is 130 Å². The van der Waals surface area contributed by atoms with Crippen molar-refractivity contribution in [3.63, 3.8) is 0 Å². The van der Waals surface area contributed by atoms with Crippen LogP contribution in [0.3, 0.4) is 0 Å². The zero-order valence-electron chi connectivity index (χ0n) is 30.8. The Labute approximate surface area is 348 Å². The van der Waals surface area contributed by atoms with Crippen LogP contribution in [-0.4, -0.2) is 49.9 Å². The molecule has 0 heterocycles. The van der Waals surface area contributed by atoms with Crippen molar-refractivity contribution in [2.45, 2.75) is 19.9 Å². The first-order valence-electron chi connectivity index (χ1n) is 17.1. The highest BCUT2D eigenvalue weighted by Crippen LogP contribution is 2.32. The van der Waals surface area contributed by atoms with Gasteiger partial charge in [-0.05, 0) is 83.5 Å². The molecule has 5 N–H and O–H groups in total. The molecule has 0 unspecified atom stereocenters. The number of nitro benzene ring substituents is 1. The topological polar surface area (TPSA) is 197 Å². The van der Waals surface area contributed by atoms with Crippen molar-refractivity contribution in [1.82, 2.24) is 5.32 Å². The molecule has 6 aromatic carbocycles. The predicted molar refractivity (Wildman–Crippen MR) is 221 cm³/mol. The monoisotopic (exact) mass is 916 g/mol. The van der Waals surface area contributed by atoms with E-state index in [2.05, 4.69) is 37.2 Å². The number of ketones is 2. The number of amides is 1. The van der Waals surface area contributed by atoms with Gasteiger partial charge in [-0.1, -0.05) is 64.5 Å². The van der Waals surface area contributed by atoms with Gasteiger partial charge in [0.2, 0.25) is 0 Å². The molecule has 6 rings (SSSR count). The first-order chi connectivity index (χ1) is 27.6. The number of benzene rings is 6. The number of phenolic OH excluding ortho intramolecular Hbond substituents is 4. The molecule has 15 heteroatoms. The van der Waals surface area contributed by atoms with Gasteiger partial charge in [0.05, 0.1) is 33.2 Å².